The third kappa shape index (κ3) is 8.16. The fourth-order valence-corrected chi connectivity index (χ4v) is 7.41. The van der Waals surface area contributed by atoms with Gasteiger partial charge in [0.2, 0.25) is 5.91 Å². The van der Waals surface area contributed by atoms with Crippen molar-refractivity contribution in [2.24, 2.45) is 39.8 Å². The van der Waals surface area contributed by atoms with E-state index in [-0.39, 0.29) is 60.6 Å². The van der Waals surface area contributed by atoms with Crippen molar-refractivity contribution < 1.29 is 28.7 Å². The van der Waals surface area contributed by atoms with Gasteiger partial charge >= 0.3 is 7.12 Å². The normalized spacial score (nSPS) is 26.4. The molecule has 5 rings (SSSR count). The van der Waals surface area contributed by atoms with Crippen LogP contribution in [0.15, 0.2) is 23.2 Å². The number of carbonyl (C=O) groups is 2. The van der Waals surface area contributed by atoms with Crippen LogP contribution in [0.3, 0.4) is 0 Å². The first-order valence-corrected chi connectivity index (χ1v) is 16.2. The molecule has 6 atom stereocenters. The molecule has 1 saturated heterocycles. The molecule has 4 N–H and O–H groups in total. The zero-order valence-electron chi connectivity index (χ0n) is 27.8. The summed E-state index contributed by atoms with van der Waals surface area (Å²) in [6, 6.07) is 5.64. The highest BCUT2D eigenvalue weighted by Crippen LogP contribution is 2.65. The fourth-order valence-electron chi connectivity index (χ4n) is 7.41. The number of nitro groups is 1. The molecular weight excluding hydrogens is 577 g/mol. The summed E-state index contributed by atoms with van der Waals surface area (Å²) in [7, 11) is -0.580. The molecule has 2 bridgehead atoms. The first-order chi connectivity index (χ1) is 21.1. The predicted molar refractivity (Wildman–Crippen MR) is 172 cm³/mol. The second kappa shape index (κ2) is 14.1. The average Bonchev–Trinajstić information content (AvgIpc) is 3.31. The van der Waals surface area contributed by atoms with Crippen LogP contribution in [0.1, 0.15) is 84.3 Å². The summed E-state index contributed by atoms with van der Waals surface area (Å²) in [5.74, 6) is 0.0268. The highest BCUT2D eigenvalue weighted by atomic mass is 16.7. The van der Waals surface area contributed by atoms with Gasteiger partial charge in [-0.3, -0.25) is 9.59 Å². The summed E-state index contributed by atoms with van der Waals surface area (Å²) < 4.78 is 19.0. The molecule has 248 valence electrons. The van der Waals surface area contributed by atoms with Gasteiger partial charge in [-0.2, -0.15) is 0 Å². The molecule has 1 aliphatic heterocycles. The molecule has 3 saturated carbocycles. The van der Waals surface area contributed by atoms with Crippen LogP contribution in [0.2, 0.25) is 0 Å². The van der Waals surface area contributed by atoms with Crippen LogP contribution in [0.25, 0.3) is 0 Å². The van der Waals surface area contributed by atoms with Crippen LogP contribution in [0.4, 0.5) is 0 Å². The maximum Gasteiger partial charge on any atom is 0.481 e. The van der Waals surface area contributed by atoms with E-state index in [0.29, 0.717) is 36.8 Å². The number of carbonyl (C=O) groups excluding carboxylic acids is 2. The number of benzene rings is 1. The minimum atomic E-state index is -0.785. The molecule has 0 spiro atoms. The molecule has 0 unspecified atom stereocenters. The third-order valence-electron chi connectivity index (χ3n) is 10.3. The maximum atomic E-state index is 13.8. The molecule has 0 radical (unpaired) electrons. The van der Waals surface area contributed by atoms with Gasteiger partial charge < -0.3 is 25.1 Å². The number of guanidine groups is 1. The van der Waals surface area contributed by atoms with Gasteiger partial charge in [0.1, 0.15) is 12.4 Å². The highest BCUT2D eigenvalue weighted by molar-refractivity contribution is 6.47. The number of amides is 1. The Bertz CT molecular complexity index is 1290. The number of rotatable bonds is 15. The molecule has 4 aliphatic rings. The van der Waals surface area contributed by atoms with E-state index < -0.39 is 23.7 Å². The van der Waals surface area contributed by atoms with Crippen molar-refractivity contribution in [3.63, 3.8) is 0 Å². The summed E-state index contributed by atoms with van der Waals surface area (Å²) >= 11 is 0. The number of nitrogens with two attached hydrogens (primary N) is 1. The van der Waals surface area contributed by atoms with E-state index in [9.17, 15) is 19.7 Å². The maximum absolute atomic E-state index is 13.8. The Morgan fingerprint density at radius 2 is 1.96 bits per heavy atom. The summed E-state index contributed by atoms with van der Waals surface area (Å²) in [5, 5.41) is 13.0. The Kier molecular flexibility index (Phi) is 10.8. The van der Waals surface area contributed by atoms with Gasteiger partial charge in [-0.1, -0.05) is 39.2 Å². The Hall–Kier alpha value is -3.19. The third-order valence-corrected chi connectivity index (χ3v) is 10.3. The molecule has 1 aromatic carbocycles. The SMILES string of the molecule is Cc1ccc(OCC(=O)C[C@@H](CCCN=C(N)N[N+](=O)[O-])C(=O)N[C@@H](CC(C)C)B2O[C@@H]3C[C@H]4C[C@H](C4(C)C)[C@]3(C)O2)cc1C. The van der Waals surface area contributed by atoms with E-state index in [1.165, 1.54) is 0 Å². The zero-order valence-corrected chi connectivity index (χ0v) is 27.8. The number of Topliss-reactive ketones (excluding diaryl/α,β-unsaturated/α-hetero) is 1. The van der Waals surface area contributed by atoms with Crippen molar-refractivity contribution in [1.82, 2.24) is 10.7 Å². The molecule has 12 nitrogen and oxygen atoms in total. The number of ketones is 1. The molecule has 45 heavy (non-hydrogen) atoms. The lowest BCUT2D eigenvalue weighted by molar-refractivity contribution is -0.525. The molecule has 0 aromatic heterocycles. The zero-order chi connectivity index (χ0) is 33.1. The quantitative estimate of drug-likeness (QED) is 0.0652. The number of hydrazine groups is 1. The Morgan fingerprint density at radius 3 is 2.60 bits per heavy atom. The first-order valence-electron chi connectivity index (χ1n) is 16.2. The number of ether oxygens (including phenoxy) is 1. The van der Waals surface area contributed by atoms with Gasteiger partial charge in [-0.05, 0) is 99.3 Å². The number of aliphatic imine (C=N–C) groups is 1. The summed E-state index contributed by atoms with van der Waals surface area (Å²) in [6.45, 7) is 15.0. The van der Waals surface area contributed by atoms with E-state index in [2.05, 4.69) is 44.9 Å². The Balaban J connectivity index is 1.43. The second-order valence-electron chi connectivity index (χ2n) is 14.3. The van der Waals surface area contributed by atoms with Crippen LogP contribution in [-0.2, 0) is 18.9 Å². The number of hydrogen-bond donors (Lipinski definition) is 3. The lowest BCUT2D eigenvalue weighted by Gasteiger charge is -2.64. The number of nitrogens with zero attached hydrogens (tertiary/aromatic N) is 2. The minimum Gasteiger partial charge on any atom is -0.486 e. The summed E-state index contributed by atoms with van der Waals surface area (Å²) in [4.78, 5) is 41.5. The molecule has 3 aliphatic carbocycles. The Morgan fingerprint density at radius 1 is 1.22 bits per heavy atom. The molecule has 13 heteroatoms. The van der Waals surface area contributed by atoms with Crippen LogP contribution < -0.4 is 21.2 Å². The molecule has 4 fully saturated rings. The Labute approximate surface area is 266 Å². The average molecular weight is 628 g/mol. The minimum absolute atomic E-state index is 0.0122. The van der Waals surface area contributed by atoms with Gasteiger partial charge in [0.05, 0.1) is 17.6 Å². The van der Waals surface area contributed by atoms with Crippen molar-refractivity contribution in [2.45, 2.75) is 105 Å². The first kappa shape index (κ1) is 34.7. The van der Waals surface area contributed by atoms with Crippen molar-refractivity contribution >= 4 is 24.8 Å². The van der Waals surface area contributed by atoms with Crippen molar-refractivity contribution in [2.75, 3.05) is 13.2 Å². The van der Waals surface area contributed by atoms with Gasteiger partial charge in [0.25, 0.3) is 5.96 Å². The van der Waals surface area contributed by atoms with Crippen molar-refractivity contribution in [3.8, 4) is 5.75 Å². The topological polar surface area (TPSA) is 167 Å². The van der Waals surface area contributed by atoms with Gasteiger partial charge in [0.15, 0.2) is 10.8 Å². The molecule has 1 amide bonds. The number of hydrogen-bond acceptors (Lipinski definition) is 8. The van der Waals surface area contributed by atoms with Gasteiger partial charge in [-0.25, -0.2) is 15.1 Å². The molecule has 1 heterocycles. The smallest absolute Gasteiger partial charge is 0.481 e. The summed E-state index contributed by atoms with van der Waals surface area (Å²) in [5.41, 5.74) is 9.33. The second-order valence-corrected chi connectivity index (χ2v) is 14.3. The largest absolute Gasteiger partial charge is 0.486 e. The molecule has 1 aromatic rings. The van der Waals surface area contributed by atoms with Crippen molar-refractivity contribution in [1.29, 1.82) is 0 Å². The van der Waals surface area contributed by atoms with Crippen LogP contribution in [-0.4, -0.2) is 60.6 Å². The van der Waals surface area contributed by atoms with Crippen LogP contribution >= 0.6 is 0 Å². The fraction of sp³-hybridized carbons (Fsp3) is 0.719. The van der Waals surface area contributed by atoms with E-state index in [1.54, 1.807) is 0 Å². The predicted octanol–water partition coefficient (Wildman–Crippen LogP) is 3.93. The van der Waals surface area contributed by atoms with Gasteiger partial charge in [-0.15, -0.1) is 0 Å². The van der Waals surface area contributed by atoms with E-state index >= 15 is 0 Å². The standard InChI is InChI=1S/C32H50BN5O7/c1-19(2)13-28(33-44-27-17-23-16-26(31(23,5)6)32(27,7)45-33)36-29(40)22(9-8-12-35-30(34)37-38(41)42)15-24(39)18-43-25-11-10-20(3)21(4)14-25/h10-11,14,19,22-23,26-28H,8-9,12-13,15-18H2,1-7H3,(H,36,40)(H3,34,35,37)/t22-,23-,26-,27-,28+,32+/m1/s1. The monoisotopic (exact) mass is 627 g/mol. The highest BCUT2D eigenvalue weighted by Gasteiger charge is 2.68. The van der Waals surface area contributed by atoms with Crippen molar-refractivity contribution in [3.05, 3.63) is 39.4 Å². The molecular formula is C32H50BN5O7. The number of aryl methyl sites for hydroxylation is 2. The number of nitrogens with one attached hydrogen (secondary N) is 2. The van der Waals surface area contributed by atoms with Crippen LogP contribution in [0.5, 0.6) is 5.75 Å². The summed E-state index contributed by atoms with van der Waals surface area (Å²) in [6.07, 6.45) is 3.42. The van der Waals surface area contributed by atoms with E-state index in [0.717, 1.165) is 24.0 Å². The van der Waals surface area contributed by atoms with E-state index in [4.69, 9.17) is 19.8 Å². The van der Waals surface area contributed by atoms with E-state index in [1.807, 2.05) is 37.5 Å². The lowest BCUT2D eigenvalue weighted by atomic mass is 9.43. The van der Waals surface area contributed by atoms with Gasteiger partial charge in [0, 0.05) is 18.9 Å². The lowest BCUT2D eigenvalue weighted by Crippen LogP contribution is -2.65. The van der Waals surface area contributed by atoms with Crippen LogP contribution in [0, 0.1) is 53.0 Å².